The van der Waals surface area contributed by atoms with Crippen LogP contribution in [0.4, 0.5) is 0 Å². The maximum absolute atomic E-state index is 12.9. The number of para-hydroxylation sites is 1. The minimum Gasteiger partial charge on any atom is -0.451 e. The first-order valence-corrected chi connectivity index (χ1v) is 8.96. The zero-order chi connectivity index (χ0) is 16.5. The summed E-state index contributed by atoms with van der Waals surface area (Å²) in [6, 6.07) is 12.7. The third-order valence-electron chi connectivity index (χ3n) is 4.27. The van der Waals surface area contributed by atoms with Crippen molar-refractivity contribution in [3.8, 4) is 0 Å². The fraction of sp³-hybridized carbons (Fsp3) is 0.263. The third kappa shape index (κ3) is 2.99. The summed E-state index contributed by atoms with van der Waals surface area (Å²) in [5.74, 6) is -0.0475. The smallest absolute Gasteiger partial charge is 0.289 e. The van der Waals surface area contributed by atoms with Gasteiger partial charge in [0.05, 0.1) is 5.39 Å². The molecule has 122 valence electrons. The summed E-state index contributed by atoms with van der Waals surface area (Å²) in [5.41, 5.74) is 0.288. The van der Waals surface area contributed by atoms with Crippen LogP contribution in [0, 0.1) is 0 Å². The van der Waals surface area contributed by atoms with Crippen LogP contribution in [-0.4, -0.2) is 23.4 Å². The molecule has 1 fully saturated rings. The molecule has 0 radical (unpaired) electrons. The second-order valence-electron chi connectivity index (χ2n) is 6.03. The molecule has 24 heavy (non-hydrogen) atoms. The van der Waals surface area contributed by atoms with E-state index in [2.05, 4.69) is 6.07 Å². The molecule has 3 aromatic rings. The lowest BCUT2D eigenvalue weighted by atomic mass is 10.2. The Balaban J connectivity index is 1.61. The molecule has 4 nitrogen and oxygen atoms in total. The van der Waals surface area contributed by atoms with E-state index < -0.39 is 0 Å². The fourth-order valence-electron chi connectivity index (χ4n) is 2.87. The Labute approximate surface area is 143 Å². The average Bonchev–Trinajstić information content (AvgIpc) is 3.30. The van der Waals surface area contributed by atoms with E-state index in [1.54, 1.807) is 35.6 Å². The van der Waals surface area contributed by atoms with Gasteiger partial charge in [-0.2, -0.15) is 0 Å². The molecule has 4 rings (SSSR count). The van der Waals surface area contributed by atoms with E-state index in [0.717, 1.165) is 19.3 Å². The average molecular weight is 339 g/mol. The highest BCUT2D eigenvalue weighted by Crippen LogP contribution is 2.29. The number of nitrogens with zero attached hydrogens (tertiary/aromatic N) is 1. The van der Waals surface area contributed by atoms with Crippen molar-refractivity contribution in [2.75, 3.05) is 6.54 Å². The molecule has 0 spiro atoms. The quantitative estimate of drug-likeness (QED) is 0.712. The van der Waals surface area contributed by atoms with Crippen LogP contribution in [0.1, 0.15) is 28.3 Å². The Morgan fingerprint density at radius 3 is 2.79 bits per heavy atom. The molecule has 0 bridgehead atoms. The van der Waals surface area contributed by atoms with Crippen LogP contribution in [0.3, 0.4) is 0 Å². The van der Waals surface area contributed by atoms with Gasteiger partial charge >= 0.3 is 0 Å². The van der Waals surface area contributed by atoms with E-state index in [0.29, 0.717) is 17.5 Å². The molecular weight excluding hydrogens is 322 g/mol. The fourth-order valence-corrected chi connectivity index (χ4v) is 3.57. The molecule has 0 N–H and O–H groups in total. The molecule has 1 amide bonds. The topological polar surface area (TPSA) is 50.5 Å². The number of thiophene rings is 1. The molecule has 1 aliphatic carbocycles. The van der Waals surface area contributed by atoms with Crippen molar-refractivity contribution in [3.63, 3.8) is 0 Å². The van der Waals surface area contributed by atoms with Gasteiger partial charge in [-0.25, -0.2) is 0 Å². The maximum atomic E-state index is 12.9. The first-order chi connectivity index (χ1) is 11.7. The van der Waals surface area contributed by atoms with Gasteiger partial charge in [0.25, 0.3) is 5.91 Å². The van der Waals surface area contributed by atoms with E-state index in [1.165, 1.54) is 10.9 Å². The Hall–Kier alpha value is -2.40. The van der Waals surface area contributed by atoms with Crippen LogP contribution in [-0.2, 0) is 6.42 Å². The second kappa shape index (κ2) is 6.24. The van der Waals surface area contributed by atoms with Gasteiger partial charge in [0.2, 0.25) is 0 Å². The predicted molar refractivity (Wildman–Crippen MR) is 94.6 cm³/mol. The zero-order valence-electron chi connectivity index (χ0n) is 13.1. The first-order valence-electron chi connectivity index (χ1n) is 8.08. The summed E-state index contributed by atoms with van der Waals surface area (Å²) < 4.78 is 5.71. The van der Waals surface area contributed by atoms with Crippen LogP contribution in [0.15, 0.2) is 57.1 Å². The summed E-state index contributed by atoms with van der Waals surface area (Å²) in [7, 11) is 0. The van der Waals surface area contributed by atoms with Crippen LogP contribution in [0.25, 0.3) is 11.0 Å². The van der Waals surface area contributed by atoms with Crippen LogP contribution < -0.4 is 5.43 Å². The number of fused-ring (bicyclic) bond motifs is 1. The van der Waals surface area contributed by atoms with Crippen molar-refractivity contribution in [1.82, 2.24) is 4.90 Å². The zero-order valence-corrected chi connectivity index (χ0v) is 13.9. The number of hydrogen-bond acceptors (Lipinski definition) is 4. The molecule has 1 saturated carbocycles. The SMILES string of the molecule is O=C(c1cc(=O)c2ccccc2o1)N(CCc1cccs1)C1CC1. The monoisotopic (exact) mass is 339 g/mol. The second-order valence-corrected chi connectivity index (χ2v) is 7.06. The number of carbonyl (C=O) groups is 1. The van der Waals surface area contributed by atoms with E-state index >= 15 is 0 Å². The lowest BCUT2D eigenvalue weighted by Crippen LogP contribution is -2.35. The highest BCUT2D eigenvalue weighted by Gasteiger charge is 2.34. The molecule has 1 aromatic carbocycles. The van der Waals surface area contributed by atoms with E-state index in [-0.39, 0.29) is 23.1 Å². The van der Waals surface area contributed by atoms with Gasteiger partial charge in [-0.15, -0.1) is 11.3 Å². The van der Waals surface area contributed by atoms with E-state index in [9.17, 15) is 9.59 Å². The van der Waals surface area contributed by atoms with Gasteiger partial charge in [-0.1, -0.05) is 18.2 Å². The van der Waals surface area contributed by atoms with Crippen LogP contribution in [0.5, 0.6) is 0 Å². The van der Waals surface area contributed by atoms with E-state index in [4.69, 9.17) is 4.42 Å². The molecule has 2 aromatic heterocycles. The summed E-state index contributed by atoms with van der Waals surface area (Å²) in [4.78, 5) is 28.2. The number of rotatable bonds is 5. The molecule has 1 aliphatic rings. The molecule has 0 saturated heterocycles. The Morgan fingerprint density at radius 1 is 1.21 bits per heavy atom. The molecule has 0 unspecified atom stereocenters. The molecule has 0 aliphatic heterocycles. The summed E-state index contributed by atoms with van der Waals surface area (Å²) >= 11 is 1.70. The van der Waals surface area contributed by atoms with Gasteiger partial charge in [0, 0.05) is 23.5 Å². The van der Waals surface area contributed by atoms with Gasteiger partial charge in [0.15, 0.2) is 11.2 Å². The van der Waals surface area contributed by atoms with Crippen molar-refractivity contribution in [1.29, 1.82) is 0 Å². The van der Waals surface area contributed by atoms with Crippen LogP contribution >= 0.6 is 11.3 Å². The number of amides is 1. The normalized spacial score (nSPS) is 14.0. The Kier molecular flexibility index (Phi) is 3.94. The van der Waals surface area contributed by atoms with Gasteiger partial charge in [0.1, 0.15) is 5.58 Å². The predicted octanol–water partition coefficient (Wildman–Crippen LogP) is 3.70. The number of hydrogen-bond donors (Lipinski definition) is 0. The molecule has 5 heteroatoms. The van der Waals surface area contributed by atoms with Crippen molar-refractivity contribution >= 4 is 28.2 Å². The van der Waals surface area contributed by atoms with Gasteiger partial charge in [-0.3, -0.25) is 9.59 Å². The van der Waals surface area contributed by atoms with Gasteiger partial charge < -0.3 is 9.32 Å². The summed E-state index contributed by atoms with van der Waals surface area (Å²) in [5, 5.41) is 2.55. The number of benzene rings is 1. The molecule has 2 heterocycles. The minimum absolute atomic E-state index is 0.136. The summed E-state index contributed by atoms with van der Waals surface area (Å²) in [6.07, 6.45) is 2.87. The maximum Gasteiger partial charge on any atom is 0.289 e. The lowest BCUT2D eigenvalue weighted by Gasteiger charge is -2.21. The van der Waals surface area contributed by atoms with Crippen molar-refractivity contribution in [3.05, 3.63) is 68.7 Å². The lowest BCUT2D eigenvalue weighted by molar-refractivity contribution is 0.0713. The van der Waals surface area contributed by atoms with E-state index in [1.807, 2.05) is 16.3 Å². The Bertz CT molecular complexity index is 925. The minimum atomic E-state index is -0.183. The van der Waals surface area contributed by atoms with Gasteiger partial charge in [-0.05, 0) is 42.8 Å². The third-order valence-corrected chi connectivity index (χ3v) is 5.21. The number of carbonyl (C=O) groups excluding carboxylic acids is 1. The highest BCUT2D eigenvalue weighted by atomic mass is 32.1. The van der Waals surface area contributed by atoms with Crippen LogP contribution in [0.2, 0.25) is 0 Å². The summed E-state index contributed by atoms with van der Waals surface area (Å²) in [6.45, 7) is 0.653. The largest absolute Gasteiger partial charge is 0.451 e. The molecule has 0 atom stereocenters. The highest BCUT2D eigenvalue weighted by molar-refractivity contribution is 7.09. The van der Waals surface area contributed by atoms with Crippen molar-refractivity contribution in [2.45, 2.75) is 25.3 Å². The standard InChI is InChI=1S/C19H17NO3S/c21-16-12-18(23-17-6-2-1-5-15(16)17)19(22)20(13-7-8-13)10-9-14-4-3-11-24-14/h1-6,11-13H,7-10H2. The first kappa shape index (κ1) is 15.1. The van der Waals surface area contributed by atoms with Crippen molar-refractivity contribution < 1.29 is 9.21 Å². The Morgan fingerprint density at radius 2 is 2.04 bits per heavy atom. The van der Waals surface area contributed by atoms with Crippen molar-refractivity contribution in [2.24, 2.45) is 0 Å². The molecular formula is C19H17NO3S.